The monoisotopic (exact) mass is 527 g/mol. The third kappa shape index (κ3) is 5.04. The van der Waals surface area contributed by atoms with Crippen LogP contribution in [0.4, 0.5) is 10.1 Å². The highest BCUT2D eigenvalue weighted by atomic mass is 32.1. The van der Waals surface area contributed by atoms with Crippen molar-refractivity contribution in [3.63, 3.8) is 0 Å². The predicted molar refractivity (Wildman–Crippen MR) is 152 cm³/mol. The first-order chi connectivity index (χ1) is 18.3. The maximum Gasteiger partial charge on any atom is 0.226 e. The van der Waals surface area contributed by atoms with Gasteiger partial charge in [-0.25, -0.2) is 4.39 Å². The van der Waals surface area contributed by atoms with E-state index in [-0.39, 0.29) is 30.2 Å². The quantitative estimate of drug-likeness (QED) is 0.292. The molecule has 0 unspecified atom stereocenters. The SMILES string of the molecule is Cc1cccc(NC(=O)CCN2C(=S)N[C@@H](c3ccccn3)[C@H]2c2cc(C)n(-c3ccccc3F)c2C)c1. The van der Waals surface area contributed by atoms with Crippen LogP contribution in [0.3, 0.4) is 0 Å². The molecule has 1 aliphatic rings. The summed E-state index contributed by atoms with van der Waals surface area (Å²) in [4.78, 5) is 19.5. The minimum atomic E-state index is -0.285. The number of hydrogen-bond donors (Lipinski definition) is 2. The molecule has 0 aliphatic carbocycles. The molecular weight excluding hydrogens is 497 g/mol. The molecular formula is C30H30FN5OS. The van der Waals surface area contributed by atoms with Crippen molar-refractivity contribution in [2.24, 2.45) is 0 Å². The minimum Gasteiger partial charge on any atom is -0.352 e. The predicted octanol–water partition coefficient (Wildman–Crippen LogP) is 5.94. The standard InChI is InChI=1S/C30H30FN5OS/c1-19-9-8-10-22(17-19)33-27(37)14-16-35-29(28(34-30(35)38)25-12-6-7-15-32-25)23-18-20(2)36(21(23)3)26-13-5-4-11-24(26)31/h4-13,15,17-18,28-29H,14,16H2,1-3H3,(H,33,37)(H,34,38)/t28-,29+/m0/s1. The Bertz CT molecular complexity index is 1490. The summed E-state index contributed by atoms with van der Waals surface area (Å²) < 4.78 is 16.7. The molecule has 5 rings (SSSR count). The van der Waals surface area contributed by atoms with Gasteiger partial charge < -0.3 is 20.1 Å². The maximum absolute atomic E-state index is 14.8. The number of halogens is 1. The molecule has 3 heterocycles. The second-order valence-electron chi connectivity index (χ2n) is 9.60. The van der Waals surface area contributed by atoms with E-state index in [1.54, 1.807) is 18.3 Å². The highest BCUT2D eigenvalue weighted by Crippen LogP contribution is 2.41. The number of nitrogens with zero attached hydrogens (tertiary/aromatic N) is 3. The van der Waals surface area contributed by atoms with Crippen LogP contribution in [0.1, 0.15) is 46.7 Å². The first-order valence-electron chi connectivity index (χ1n) is 12.6. The first-order valence-corrected chi connectivity index (χ1v) is 13.0. The molecule has 2 aromatic heterocycles. The molecule has 1 aliphatic heterocycles. The van der Waals surface area contributed by atoms with E-state index in [2.05, 4.69) is 26.6 Å². The number of carbonyl (C=O) groups is 1. The number of aromatic nitrogens is 2. The Morgan fingerprint density at radius 1 is 1.05 bits per heavy atom. The highest BCUT2D eigenvalue weighted by molar-refractivity contribution is 7.80. The van der Waals surface area contributed by atoms with Crippen LogP contribution in [0, 0.1) is 26.6 Å². The van der Waals surface area contributed by atoms with E-state index in [0.717, 1.165) is 33.9 Å². The van der Waals surface area contributed by atoms with E-state index in [1.165, 1.54) is 6.07 Å². The molecule has 8 heteroatoms. The molecule has 38 heavy (non-hydrogen) atoms. The van der Waals surface area contributed by atoms with Crippen molar-refractivity contribution in [3.8, 4) is 5.69 Å². The number of nitrogens with one attached hydrogen (secondary N) is 2. The number of pyridine rings is 1. The molecule has 1 amide bonds. The van der Waals surface area contributed by atoms with Gasteiger partial charge in [0.05, 0.1) is 23.5 Å². The van der Waals surface area contributed by atoms with E-state index in [1.807, 2.05) is 73.9 Å². The van der Waals surface area contributed by atoms with Crippen LogP contribution in [0.25, 0.3) is 5.69 Å². The van der Waals surface area contributed by atoms with Gasteiger partial charge in [0.25, 0.3) is 0 Å². The first kappa shape index (κ1) is 25.6. The van der Waals surface area contributed by atoms with Gasteiger partial charge in [-0.05, 0) is 86.6 Å². The van der Waals surface area contributed by atoms with Crippen molar-refractivity contribution >= 4 is 28.9 Å². The normalized spacial score (nSPS) is 16.9. The van der Waals surface area contributed by atoms with Crippen LogP contribution >= 0.6 is 12.2 Å². The van der Waals surface area contributed by atoms with Gasteiger partial charge in [0, 0.05) is 36.2 Å². The fraction of sp³-hybridized carbons (Fsp3) is 0.233. The molecule has 194 valence electrons. The summed E-state index contributed by atoms with van der Waals surface area (Å²) in [5.74, 6) is -0.373. The molecule has 1 saturated heterocycles. The van der Waals surface area contributed by atoms with Crippen LogP contribution in [0.2, 0.25) is 0 Å². The van der Waals surface area contributed by atoms with E-state index in [4.69, 9.17) is 12.2 Å². The molecule has 6 nitrogen and oxygen atoms in total. The Morgan fingerprint density at radius 2 is 1.84 bits per heavy atom. The summed E-state index contributed by atoms with van der Waals surface area (Å²) in [7, 11) is 0. The van der Waals surface area contributed by atoms with Crippen LogP contribution in [0.5, 0.6) is 0 Å². The van der Waals surface area contributed by atoms with Crippen LogP contribution < -0.4 is 10.6 Å². The number of benzene rings is 2. The van der Waals surface area contributed by atoms with Gasteiger partial charge in [-0.2, -0.15) is 0 Å². The smallest absolute Gasteiger partial charge is 0.226 e. The number of para-hydroxylation sites is 1. The maximum atomic E-state index is 14.8. The summed E-state index contributed by atoms with van der Waals surface area (Å²) >= 11 is 5.78. The Balaban J connectivity index is 1.48. The van der Waals surface area contributed by atoms with Gasteiger partial charge in [-0.1, -0.05) is 30.3 Å². The summed E-state index contributed by atoms with van der Waals surface area (Å²) in [6.07, 6.45) is 2.02. The zero-order chi connectivity index (χ0) is 26.8. The summed E-state index contributed by atoms with van der Waals surface area (Å²) in [5, 5.41) is 6.98. The van der Waals surface area contributed by atoms with Crippen molar-refractivity contribution in [2.45, 2.75) is 39.3 Å². The minimum absolute atomic E-state index is 0.0877. The molecule has 2 atom stereocenters. The van der Waals surface area contributed by atoms with Gasteiger partial charge in [0.2, 0.25) is 5.91 Å². The zero-order valence-corrected chi connectivity index (χ0v) is 22.4. The molecule has 2 N–H and O–H groups in total. The molecule has 0 bridgehead atoms. The lowest BCUT2D eigenvalue weighted by atomic mass is 9.96. The van der Waals surface area contributed by atoms with Crippen molar-refractivity contribution < 1.29 is 9.18 Å². The molecule has 0 radical (unpaired) electrons. The summed E-state index contributed by atoms with van der Waals surface area (Å²) in [6, 6.07) is 21.9. The van der Waals surface area contributed by atoms with E-state index in [9.17, 15) is 9.18 Å². The number of aryl methyl sites for hydroxylation is 2. The van der Waals surface area contributed by atoms with Crippen molar-refractivity contribution in [3.05, 3.63) is 113 Å². The molecule has 2 aromatic carbocycles. The van der Waals surface area contributed by atoms with E-state index >= 15 is 0 Å². The molecule has 1 fully saturated rings. The summed E-state index contributed by atoms with van der Waals surface area (Å²) in [6.45, 7) is 6.37. The number of hydrogen-bond acceptors (Lipinski definition) is 3. The lowest BCUT2D eigenvalue weighted by molar-refractivity contribution is -0.116. The van der Waals surface area contributed by atoms with Crippen LogP contribution in [0.15, 0.2) is 79.0 Å². The van der Waals surface area contributed by atoms with E-state index < -0.39 is 0 Å². The van der Waals surface area contributed by atoms with Crippen molar-refractivity contribution in [2.75, 3.05) is 11.9 Å². The second-order valence-corrected chi connectivity index (χ2v) is 9.99. The van der Waals surface area contributed by atoms with E-state index in [0.29, 0.717) is 17.3 Å². The van der Waals surface area contributed by atoms with Crippen molar-refractivity contribution in [1.29, 1.82) is 0 Å². The number of rotatable bonds is 7. The summed E-state index contributed by atoms with van der Waals surface area (Å²) in [5.41, 5.74) is 6.04. The van der Waals surface area contributed by atoms with Gasteiger partial charge >= 0.3 is 0 Å². The Morgan fingerprint density at radius 3 is 2.58 bits per heavy atom. The lowest BCUT2D eigenvalue weighted by Gasteiger charge is -2.28. The number of carbonyl (C=O) groups excluding carboxylic acids is 1. The molecule has 0 saturated carbocycles. The lowest BCUT2D eigenvalue weighted by Crippen LogP contribution is -2.32. The Kier molecular flexibility index (Phi) is 7.24. The number of anilines is 1. The van der Waals surface area contributed by atoms with Gasteiger partial charge in [-0.3, -0.25) is 9.78 Å². The number of thiocarbonyl (C=S) groups is 1. The third-order valence-corrected chi connectivity index (χ3v) is 7.31. The average Bonchev–Trinajstić information content (AvgIpc) is 3.38. The fourth-order valence-corrected chi connectivity index (χ4v) is 5.58. The van der Waals surface area contributed by atoms with Gasteiger partial charge in [0.15, 0.2) is 5.11 Å². The third-order valence-electron chi connectivity index (χ3n) is 6.96. The molecule has 4 aromatic rings. The Hall–Kier alpha value is -4.04. The largest absolute Gasteiger partial charge is 0.352 e. The molecule has 0 spiro atoms. The Labute approximate surface area is 227 Å². The highest BCUT2D eigenvalue weighted by Gasteiger charge is 2.41. The van der Waals surface area contributed by atoms with Crippen LogP contribution in [-0.4, -0.2) is 32.0 Å². The van der Waals surface area contributed by atoms with Gasteiger partial charge in [-0.15, -0.1) is 0 Å². The second kappa shape index (κ2) is 10.8. The van der Waals surface area contributed by atoms with Crippen molar-refractivity contribution in [1.82, 2.24) is 19.8 Å². The number of amides is 1. The van der Waals surface area contributed by atoms with Gasteiger partial charge in [0.1, 0.15) is 5.82 Å². The topological polar surface area (TPSA) is 62.2 Å². The fourth-order valence-electron chi connectivity index (χ4n) is 5.24. The zero-order valence-electron chi connectivity index (χ0n) is 21.6. The van der Waals surface area contributed by atoms with Crippen LogP contribution in [-0.2, 0) is 4.79 Å². The average molecular weight is 528 g/mol.